The number of H-pyrrole nitrogens is 1. The zero-order valence-electron chi connectivity index (χ0n) is 16.9. The van der Waals surface area contributed by atoms with Crippen LogP contribution in [0.25, 0.3) is 10.9 Å². The van der Waals surface area contributed by atoms with Crippen LogP contribution in [0.15, 0.2) is 54.7 Å². The molecule has 1 unspecified atom stereocenters. The first-order valence-electron chi connectivity index (χ1n) is 10.1. The minimum Gasteiger partial charge on any atom is -0.450 e. The molecule has 1 heterocycles. The molecular weight excluding hydrogens is 402 g/mol. The van der Waals surface area contributed by atoms with Gasteiger partial charge in [-0.1, -0.05) is 61.3 Å². The summed E-state index contributed by atoms with van der Waals surface area (Å²) in [5, 5.41) is 7.18. The van der Waals surface area contributed by atoms with Crippen molar-refractivity contribution in [2.75, 3.05) is 6.61 Å². The zero-order chi connectivity index (χ0) is 21.3. The predicted molar refractivity (Wildman–Crippen MR) is 118 cm³/mol. The Morgan fingerprint density at radius 3 is 2.67 bits per heavy atom. The lowest BCUT2D eigenvalue weighted by Crippen LogP contribution is -2.48. The summed E-state index contributed by atoms with van der Waals surface area (Å²) in [6.07, 6.45) is 3.30. The second kappa shape index (κ2) is 10.7. The zero-order valence-corrected chi connectivity index (χ0v) is 17.7. The Labute approximate surface area is 181 Å². The van der Waals surface area contributed by atoms with E-state index in [1.54, 1.807) is 6.07 Å². The minimum absolute atomic E-state index is 0.273. The summed E-state index contributed by atoms with van der Waals surface area (Å²) < 4.78 is 5.19. The fourth-order valence-corrected chi connectivity index (χ4v) is 3.37. The van der Waals surface area contributed by atoms with Crippen LogP contribution >= 0.6 is 11.6 Å². The van der Waals surface area contributed by atoms with Crippen molar-refractivity contribution in [1.82, 2.24) is 15.6 Å². The van der Waals surface area contributed by atoms with Crippen LogP contribution in [0.1, 0.15) is 30.9 Å². The number of alkyl carbamates (subject to hydrolysis) is 1. The maximum atomic E-state index is 12.9. The Hall–Kier alpha value is -2.99. The Kier molecular flexibility index (Phi) is 7.74. The summed E-state index contributed by atoms with van der Waals surface area (Å²) in [4.78, 5) is 28.3. The minimum atomic E-state index is -0.777. The van der Waals surface area contributed by atoms with E-state index in [0.717, 1.165) is 34.9 Å². The highest BCUT2D eigenvalue weighted by Gasteiger charge is 2.23. The summed E-state index contributed by atoms with van der Waals surface area (Å²) in [6.45, 7) is 2.61. The SMILES string of the molecule is CCCCOC(=O)NC(Cc1c[nH]c2ccccc12)C(=O)NCc1ccccc1Cl. The van der Waals surface area contributed by atoms with Crippen LogP contribution in [0.4, 0.5) is 4.79 Å². The fraction of sp³-hybridized carbons (Fsp3) is 0.304. The van der Waals surface area contributed by atoms with Gasteiger partial charge in [0, 0.05) is 35.1 Å². The molecule has 3 N–H and O–H groups in total. The third-order valence-electron chi connectivity index (χ3n) is 4.85. The summed E-state index contributed by atoms with van der Waals surface area (Å²) in [5.74, 6) is -0.298. The second-order valence-corrected chi connectivity index (χ2v) is 7.47. The van der Waals surface area contributed by atoms with Crippen molar-refractivity contribution < 1.29 is 14.3 Å². The van der Waals surface area contributed by atoms with Gasteiger partial charge in [0.1, 0.15) is 6.04 Å². The lowest BCUT2D eigenvalue weighted by atomic mass is 10.0. The molecule has 0 fully saturated rings. The molecule has 0 bridgehead atoms. The van der Waals surface area contributed by atoms with Crippen LogP contribution in [0, 0.1) is 0 Å². The third-order valence-corrected chi connectivity index (χ3v) is 5.22. The lowest BCUT2D eigenvalue weighted by Gasteiger charge is -2.18. The number of hydrogen-bond acceptors (Lipinski definition) is 3. The first kappa shape index (κ1) is 21.7. The molecule has 30 heavy (non-hydrogen) atoms. The van der Waals surface area contributed by atoms with Crippen molar-refractivity contribution in [2.45, 2.75) is 38.8 Å². The molecule has 158 valence electrons. The molecule has 0 aliphatic rings. The molecule has 3 rings (SSSR count). The molecule has 0 spiro atoms. The molecule has 2 amide bonds. The van der Waals surface area contributed by atoms with E-state index in [2.05, 4.69) is 15.6 Å². The topological polar surface area (TPSA) is 83.2 Å². The van der Waals surface area contributed by atoms with Gasteiger partial charge in [0.2, 0.25) is 5.91 Å². The second-order valence-electron chi connectivity index (χ2n) is 7.06. The Balaban J connectivity index is 1.71. The van der Waals surface area contributed by atoms with E-state index in [0.29, 0.717) is 18.1 Å². The summed E-state index contributed by atoms with van der Waals surface area (Å²) in [6, 6.07) is 14.4. The number of para-hydroxylation sites is 1. The van der Waals surface area contributed by atoms with Gasteiger partial charge >= 0.3 is 6.09 Å². The molecule has 0 aliphatic heterocycles. The maximum Gasteiger partial charge on any atom is 0.407 e. The number of halogens is 1. The number of aromatic nitrogens is 1. The first-order valence-corrected chi connectivity index (χ1v) is 10.5. The normalized spacial score (nSPS) is 11.8. The number of benzene rings is 2. The van der Waals surface area contributed by atoms with Crippen molar-refractivity contribution in [1.29, 1.82) is 0 Å². The standard InChI is InChI=1S/C23H26ClN3O3/c1-2-3-12-30-23(29)27-21(13-17-15-25-20-11-7-5-9-18(17)20)22(28)26-14-16-8-4-6-10-19(16)24/h4-11,15,21,25H,2-3,12-14H2,1H3,(H,26,28)(H,27,29). The van der Waals surface area contributed by atoms with Crippen molar-refractivity contribution >= 4 is 34.5 Å². The van der Waals surface area contributed by atoms with E-state index in [4.69, 9.17) is 16.3 Å². The van der Waals surface area contributed by atoms with Gasteiger partial charge in [0.15, 0.2) is 0 Å². The van der Waals surface area contributed by atoms with Crippen molar-refractivity contribution in [3.05, 3.63) is 70.9 Å². The number of hydrogen-bond donors (Lipinski definition) is 3. The first-order chi connectivity index (χ1) is 14.6. The van der Waals surface area contributed by atoms with E-state index < -0.39 is 12.1 Å². The Bertz CT molecular complexity index is 1000. The summed E-state index contributed by atoms with van der Waals surface area (Å²) in [5.41, 5.74) is 2.73. The van der Waals surface area contributed by atoms with Crippen LogP contribution in [-0.4, -0.2) is 29.6 Å². The average Bonchev–Trinajstić information content (AvgIpc) is 3.15. The largest absolute Gasteiger partial charge is 0.450 e. The molecule has 0 saturated heterocycles. The van der Waals surface area contributed by atoms with Crippen LogP contribution in [0.5, 0.6) is 0 Å². The smallest absolute Gasteiger partial charge is 0.407 e. The number of fused-ring (bicyclic) bond motifs is 1. The lowest BCUT2D eigenvalue weighted by molar-refractivity contribution is -0.123. The number of aromatic amines is 1. The highest BCUT2D eigenvalue weighted by Crippen LogP contribution is 2.19. The predicted octanol–water partition coefficient (Wildman–Crippen LogP) is 4.58. The molecule has 2 aromatic carbocycles. The van der Waals surface area contributed by atoms with Gasteiger partial charge in [-0.3, -0.25) is 4.79 Å². The average molecular weight is 428 g/mol. The van der Waals surface area contributed by atoms with Crippen LogP contribution in [0.2, 0.25) is 5.02 Å². The third kappa shape index (κ3) is 5.76. The maximum absolute atomic E-state index is 12.9. The molecule has 0 aliphatic carbocycles. The van der Waals surface area contributed by atoms with Gasteiger partial charge in [-0.25, -0.2) is 4.79 Å². The number of carbonyl (C=O) groups is 2. The molecule has 0 radical (unpaired) electrons. The van der Waals surface area contributed by atoms with Gasteiger partial charge in [-0.05, 0) is 29.7 Å². The number of carbonyl (C=O) groups excluding carboxylic acids is 2. The number of amides is 2. The number of ether oxygens (including phenoxy) is 1. The van der Waals surface area contributed by atoms with Crippen LogP contribution in [-0.2, 0) is 22.5 Å². The molecule has 1 atom stereocenters. The highest BCUT2D eigenvalue weighted by atomic mass is 35.5. The van der Waals surface area contributed by atoms with Crippen LogP contribution in [0.3, 0.4) is 0 Å². The van der Waals surface area contributed by atoms with Gasteiger partial charge in [-0.15, -0.1) is 0 Å². The Morgan fingerprint density at radius 1 is 1.10 bits per heavy atom. The summed E-state index contributed by atoms with van der Waals surface area (Å²) >= 11 is 6.18. The fourth-order valence-electron chi connectivity index (χ4n) is 3.17. The van der Waals surface area contributed by atoms with E-state index in [9.17, 15) is 9.59 Å². The van der Waals surface area contributed by atoms with Crippen molar-refractivity contribution in [3.63, 3.8) is 0 Å². The molecular formula is C23H26ClN3O3. The quantitative estimate of drug-likeness (QED) is 0.437. The van der Waals surface area contributed by atoms with Crippen molar-refractivity contribution in [3.8, 4) is 0 Å². The number of rotatable bonds is 9. The molecule has 7 heteroatoms. The van der Waals surface area contributed by atoms with Gasteiger partial charge in [-0.2, -0.15) is 0 Å². The van der Waals surface area contributed by atoms with E-state index in [1.807, 2.05) is 55.6 Å². The molecule has 6 nitrogen and oxygen atoms in total. The summed E-state index contributed by atoms with van der Waals surface area (Å²) in [7, 11) is 0. The Morgan fingerprint density at radius 2 is 1.87 bits per heavy atom. The van der Waals surface area contributed by atoms with E-state index in [1.165, 1.54) is 0 Å². The van der Waals surface area contributed by atoms with E-state index >= 15 is 0 Å². The van der Waals surface area contributed by atoms with Crippen molar-refractivity contribution in [2.24, 2.45) is 0 Å². The monoisotopic (exact) mass is 427 g/mol. The van der Waals surface area contributed by atoms with E-state index in [-0.39, 0.29) is 12.5 Å². The highest BCUT2D eigenvalue weighted by molar-refractivity contribution is 6.31. The number of nitrogens with one attached hydrogen (secondary N) is 3. The van der Waals surface area contributed by atoms with Gasteiger partial charge < -0.3 is 20.4 Å². The van der Waals surface area contributed by atoms with Gasteiger partial charge in [0.05, 0.1) is 6.61 Å². The van der Waals surface area contributed by atoms with Gasteiger partial charge in [0.25, 0.3) is 0 Å². The molecule has 3 aromatic rings. The molecule has 0 saturated carbocycles. The number of unbranched alkanes of at least 4 members (excludes halogenated alkanes) is 1. The molecule has 1 aromatic heterocycles. The van der Waals surface area contributed by atoms with Crippen LogP contribution < -0.4 is 10.6 Å².